The van der Waals surface area contributed by atoms with Crippen LogP contribution in [0.4, 0.5) is 0 Å². The zero-order valence-electron chi connectivity index (χ0n) is 10.9. The minimum absolute atomic E-state index is 0.00686. The lowest BCUT2D eigenvalue weighted by atomic mass is 10.0. The van der Waals surface area contributed by atoms with Crippen molar-refractivity contribution in [2.75, 3.05) is 5.75 Å². The summed E-state index contributed by atoms with van der Waals surface area (Å²) in [6, 6.07) is 6.44. The van der Waals surface area contributed by atoms with Crippen LogP contribution in [0.1, 0.15) is 28.6 Å². The Morgan fingerprint density at radius 3 is 2.44 bits per heavy atom. The summed E-state index contributed by atoms with van der Waals surface area (Å²) in [5.41, 5.74) is 9.87. The molecule has 0 aliphatic rings. The van der Waals surface area contributed by atoms with E-state index in [1.807, 2.05) is 6.92 Å². The molecule has 0 bridgehead atoms. The van der Waals surface area contributed by atoms with Gasteiger partial charge in [-0.3, -0.25) is 5.10 Å². The molecule has 5 heteroatoms. The summed E-state index contributed by atoms with van der Waals surface area (Å²) < 4.78 is 0. The summed E-state index contributed by atoms with van der Waals surface area (Å²) in [7, 11) is 0. The van der Waals surface area contributed by atoms with E-state index in [0.717, 1.165) is 16.7 Å². The SMILES string of the molecule is Cc1cc(C)cc(C(N)CSc2n[nH]c(C)n2)c1. The van der Waals surface area contributed by atoms with E-state index in [2.05, 4.69) is 47.2 Å². The standard InChI is InChI=1S/C13H18N4S/c1-8-4-9(2)6-11(5-8)12(14)7-18-13-15-10(3)16-17-13/h4-6,12H,7,14H2,1-3H3,(H,15,16,17). The van der Waals surface area contributed by atoms with Crippen LogP contribution in [-0.2, 0) is 0 Å². The second-order valence-corrected chi connectivity index (χ2v) is 5.53. The summed E-state index contributed by atoms with van der Waals surface area (Å²) in [4.78, 5) is 4.25. The third-order valence-electron chi connectivity index (χ3n) is 2.64. The van der Waals surface area contributed by atoms with Crippen molar-refractivity contribution < 1.29 is 0 Å². The van der Waals surface area contributed by atoms with E-state index in [1.54, 1.807) is 11.8 Å². The number of hydrogen-bond acceptors (Lipinski definition) is 4. The number of aromatic amines is 1. The number of nitrogens with zero attached hydrogens (tertiary/aromatic N) is 2. The lowest BCUT2D eigenvalue weighted by Crippen LogP contribution is -2.13. The molecule has 0 fully saturated rings. The monoisotopic (exact) mass is 262 g/mol. The van der Waals surface area contributed by atoms with Gasteiger partial charge in [0, 0.05) is 11.8 Å². The second-order valence-electron chi connectivity index (χ2n) is 4.54. The maximum atomic E-state index is 6.20. The highest BCUT2D eigenvalue weighted by molar-refractivity contribution is 7.99. The molecular weight excluding hydrogens is 244 g/mol. The Morgan fingerprint density at radius 2 is 1.89 bits per heavy atom. The number of rotatable bonds is 4. The van der Waals surface area contributed by atoms with Crippen LogP contribution in [0.25, 0.3) is 0 Å². The highest BCUT2D eigenvalue weighted by Crippen LogP contribution is 2.22. The van der Waals surface area contributed by atoms with E-state index < -0.39 is 0 Å². The fourth-order valence-electron chi connectivity index (χ4n) is 1.87. The lowest BCUT2D eigenvalue weighted by molar-refractivity contribution is 0.824. The molecule has 96 valence electrons. The van der Waals surface area contributed by atoms with Gasteiger partial charge in [0.15, 0.2) is 0 Å². The molecule has 1 aromatic carbocycles. The fraction of sp³-hybridized carbons (Fsp3) is 0.385. The molecule has 1 atom stereocenters. The Balaban J connectivity index is 2.01. The molecule has 0 aliphatic heterocycles. The van der Waals surface area contributed by atoms with Crippen LogP contribution < -0.4 is 5.73 Å². The average Bonchev–Trinajstić information content (AvgIpc) is 2.70. The Bertz CT molecular complexity index is 515. The molecule has 0 radical (unpaired) electrons. The number of aryl methyl sites for hydroxylation is 3. The molecular formula is C13H18N4S. The van der Waals surface area contributed by atoms with E-state index in [1.165, 1.54) is 16.7 Å². The molecule has 1 unspecified atom stereocenters. The predicted molar refractivity (Wildman–Crippen MR) is 74.7 cm³/mol. The van der Waals surface area contributed by atoms with Crippen molar-refractivity contribution in [2.24, 2.45) is 5.73 Å². The van der Waals surface area contributed by atoms with E-state index in [0.29, 0.717) is 0 Å². The first-order chi connectivity index (χ1) is 8.54. The van der Waals surface area contributed by atoms with Gasteiger partial charge in [0.25, 0.3) is 0 Å². The van der Waals surface area contributed by atoms with Gasteiger partial charge in [-0.15, -0.1) is 5.10 Å². The van der Waals surface area contributed by atoms with E-state index in [4.69, 9.17) is 5.73 Å². The zero-order valence-corrected chi connectivity index (χ0v) is 11.7. The molecule has 3 N–H and O–H groups in total. The fourth-order valence-corrected chi connectivity index (χ4v) is 2.70. The minimum atomic E-state index is 0.00686. The second kappa shape index (κ2) is 5.54. The number of aromatic nitrogens is 3. The molecule has 2 rings (SSSR count). The molecule has 0 saturated heterocycles. The maximum Gasteiger partial charge on any atom is 0.208 e. The van der Waals surface area contributed by atoms with Crippen molar-refractivity contribution in [3.05, 3.63) is 40.7 Å². The van der Waals surface area contributed by atoms with Gasteiger partial charge >= 0.3 is 0 Å². The third-order valence-corrected chi connectivity index (χ3v) is 3.61. The molecule has 1 aromatic heterocycles. The predicted octanol–water partition coefficient (Wildman–Crippen LogP) is 2.52. The number of H-pyrrole nitrogens is 1. The van der Waals surface area contributed by atoms with E-state index in [-0.39, 0.29) is 6.04 Å². The van der Waals surface area contributed by atoms with Crippen LogP contribution in [-0.4, -0.2) is 20.9 Å². The number of thioether (sulfide) groups is 1. The Labute approximate surface area is 111 Å². The zero-order chi connectivity index (χ0) is 13.1. The molecule has 18 heavy (non-hydrogen) atoms. The van der Waals surface area contributed by atoms with Gasteiger partial charge in [-0.05, 0) is 26.3 Å². The number of benzene rings is 1. The van der Waals surface area contributed by atoms with Gasteiger partial charge in [-0.25, -0.2) is 4.98 Å². The lowest BCUT2D eigenvalue weighted by Gasteiger charge is -2.12. The van der Waals surface area contributed by atoms with Crippen molar-refractivity contribution in [1.82, 2.24) is 15.2 Å². The van der Waals surface area contributed by atoms with Gasteiger partial charge < -0.3 is 5.73 Å². The summed E-state index contributed by atoms with van der Waals surface area (Å²) in [6.45, 7) is 6.07. The van der Waals surface area contributed by atoms with E-state index in [9.17, 15) is 0 Å². The number of nitrogens with one attached hydrogen (secondary N) is 1. The van der Waals surface area contributed by atoms with Crippen molar-refractivity contribution in [3.8, 4) is 0 Å². The number of hydrogen-bond donors (Lipinski definition) is 2. The topological polar surface area (TPSA) is 67.6 Å². The first kappa shape index (κ1) is 13.1. The largest absolute Gasteiger partial charge is 0.323 e. The van der Waals surface area contributed by atoms with Crippen LogP contribution in [0.15, 0.2) is 23.4 Å². The number of nitrogens with two attached hydrogens (primary N) is 1. The summed E-state index contributed by atoms with van der Waals surface area (Å²) in [5.74, 6) is 1.61. The molecule has 0 amide bonds. The molecule has 2 aromatic rings. The Kier molecular flexibility index (Phi) is 4.04. The molecule has 4 nitrogen and oxygen atoms in total. The van der Waals surface area contributed by atoms with Gasteiger partial charge in [-0.2, -0.15) is 0 Å². The normalized spacial score (nSPS) is 12.7. The van der Waals surface area contributed by atoms with Crippen molar-refractivity contribution in [3.63, 3.8) is 0 Å². The van der Waals surface area contributed by atoms with Gasteiger partial charge in [0.05, 0.1) is 0 Å². The summed E-state index contributed by atoms with van der Waals surface area (Å²) in [5, 5.41) is 7.67. The van der Waals surface area contributed by atoms with E-state index >= 15 is 0 Å². The van der Waals surface area contributed by atoms with Crippen LogP contribution in [0.3, 0.4) is 0 Å². The first-order valence-corrected chi connectivity index (χ1v) is 6.89. The highest BCUT2D eigenvalue weighted by Gasteiger charge is 2.09. The van der Waals surface area contributed by atoms with Gasteiger partial charge in [0.1, 0.15) is 5.82 Å². The van der Waals surface area contributed by atoms with Crippen molar-refractivity contribution in [2.45, 2.75) is 32.0 Å². The smallest absolute Gasteiger partial charge is 0.208 e. The maximum absolute atomic E-state index is 6.20. The molecule has 0 aliphatic carbocycles. The first-order valence-electron chi connectivity index (χ1n) is 5.90. The quantitative estimate of drug-likeness (QED) is 0.831. The molecule has 1 heterocycles. The van der Waals surface area contributed by atoms with Crippen LogP contribution >= 0.6 is 11.8 Å². The van der Waals surface area contributed by atoms with Crippen molar-refractivity contribution >= 4 is 11.8 Å². The minimum Gasteiger partial charge on any atom is -0.323 e. The van der Waals surface area contributed by atoms with Crippen molar-refractivity contribution in [1.29, 1.82) is 0 Å². The van der Waals surface area contributed by atoms with Crippen LogP contribution in [0, 0.1) is 20.8 Å². The average molecular weight is 262 g/mol. The van der Waals surface area contributed by atoms with Crippen LogP contribution in [0.5, 0.6) is 0 Å². The molecule has 0 spiro atoms. The Morgan fingerprint density at radius 1 is 1.22 bits per heavy atom. The van der Waals surface area contributed by atoms with Crippen LogP contribution in [0.2, 0.25) is 0 Å². The van der Waals surface area contributed by atoms with Gasteiger partial charge in [0.2, 0.25) is 5.16 Å². The summed E-state index contributed by atoms with van der Waals surface area (Å²) in [6.07, 6.45) is 0. The summed E-state index contributed by atoms with van der Waals surface area (Å²) >= 11 is 1.58. The third kappa shape index (κ3) is 3.34. The Hall–Kier alpha value is -1.33. The highest BCUT2D eigenvalue weighted by atomic mass is 32.2. The molecule has 0 saturated carbocycles. The van der Waals surface area contributed by atoms with Gasteiger partial charge in [-0.1, -0.05) is 41.1 Å².